The van der Waals surface area contributed by atoms with Crippen LogP contribution < -0.4 is 10.4 Å². The molecule has 1 nitrogen and oxygen atoms in total. The van der Waals surface area contributed by atoms with Crippen molar-refractivity contribution in [2.75, 3.05) is 0 Å². The summed E-state index contributed by atoms with van der Waals surface area (Å²) in [5, 5.41) is 2.07. The van der Waals surface area contributed by atoms with Crippen molar-refractivity contribution in [1.82, 2.24) is 0 Å². The SMILES string of the molecule is CC(C)(C)CCC(C)(C)[Si](O)(c1ccccc1)c1ccccc1. The van der Waals surface area contributed by atoms with E-state index in [1.165, 1.54) is 0 Å². The molecule has 0 bridgehead atoms. The maximum Gasteiger partial charge on any atom is 0.258 e. The molecule has 23 heavy (non-hydrogen) atoms. The zero-order chi connectivity index (χ0) is 17.1. The number of rotatable bonds is 5. The van der Waals surface area contributed by atoms with Crippen molar-refractivity contribution >= 4 is 18.7 Å². The van der Waals surface area contributed by atoms with Gasteiger partial charge < -0.3 is 4.80 Å². The molecule has 0 amide bonds. The highest BCUT2D eigenvalue weighted by molar-refractivity contribution is 6.98. The zero-order valence-corrected chi connectivity index (χ0v) is 16.1. The summed E-state index contributed by atoms with van der Waals surface area (Å²) < 4.78 is 0. The lowest BCUT2D eigenvalue weighted by Gasteiger charge is -2.42. The molecule has 0 spiro atoms. The highest BCUT2D eigenvalue weighted by Crippen LogP contribution is 2.42. The Morgan fingerprint density at radius 2 is 1.09 bits per heavy atom. The first-order chi connectivity index (χ1) is 10.7. The standard InChI is InChI=1S/C21H30OSi/c1-20(2,3)16-17-21(4,5)23(22,18-12-8-6-9-13-18)19-14-10-7-11-15-19/h6-15,22H,16-17H2,1-5H3. The van der Waals surface area contributed by atoms with Gasteiger partial charge in [0.2, 0.25) is 0 Å². The summed E-state index contributed by atoms with van der Waals surface area (Å²) in [6, 6.07) is 20.6. The van der Waals surface area contributed by atoms with E-state index in [2.05, 4.69) is 58.9 Å². The van der Waals surface area contributed by atoms with Crippen LogP contribution in [-0.4, -0.2) is 13.1 Å². The van der Waals surface area contributed by atoms with Crippen LogP contribution in [0.1, 0.15) is 47.5 Å². The molecule has 0 radical (unpaired) electrons. The van der Waals surface area contributed by atoms with Gasteiger partial charge in [0.25, 0.3) is 8.32 Å². The predicted molar refractivity (Wildman–Crippen MR) is 103 cm³/mol. The summed E-state index contributed by atoms with van der Waals surface area (Å²) in [5.74, 6) is 0. The Labute approximate surface area is 142 Å². The van der Waals surface area contributed by atoms with E-state index in [0.717, 1.165) is 23.2 Å². The quantitative estimate of drug-likeness (QED) is 0.810. The first-order valence-corrected chi connectivity index (χ1v) is 10.4. The molecular weight excluding hydrogens is 296 g/mol. The molecule has 2 aromatic rings. The second-order valence-electron chi connectivity index (χ2n) is 8.39. The van der Waals surface area contributed by atoms with Crippen molar-refractivity contribution < 1.29 is 4.80 Å². The Kier molecular flexibility index (Phi) is 5.17. The minimum Gasteiger partial charge on any atom is -0.424 e. The Balaban J connectivity index is 2.50. The maximum absolute atomic E-state index is 12.0. The van der Waals surface area contributed by atoms with E-state index < -0.39 is 8.32 Å². The summed E-state index contributed by atoms with van der Waals surface area (Å²) in [6.07, 6.45) is 2.12. The summed E-state index contributed by atoms with van der Waals surface area (Å²) in [4.78, 5) is 12.0. The van der Waals surface area contributed by atoms with Gasteiger partial charge in [0.15, 0.2) is 0 Å². The van der Waals surface area contributed by atoms with Gasteiger partial charge in [-0.25, -0.2) is 0 Å². The lowest BCUT2D eigenvalue weighted by Crippen LogP contribution is -2.65. The molecule has 0 heterocycles. The van der Waals surface area contributed by atoms with Gasteiger partial charge in [0.1, 0.15) is 0 Å². The van der Waals surface area contributed by atoms with Gasteiger partial charge in [-0.2, -0.15) is 0 Å². The monoisotopic (exact) mass is 326 g/mol. The molecule has 0 saturated heterocycles. The fourth-order valence-corrected chi connectivity index (χ4v) is 6.91. The first kappa shape index (κ1) is 18.0. The third kappa shape index (κ3) is 3.93. The molecular formula is C21H30OSi. The minimum atomic E-state index is -2.83. The fourth-order valence-electron chi connectivity index (χ4n) is 3.18. The molecule has 0 saturated carbocycles. The van der Waals surface area contributed by atoms with Gasteiger partial charge >= 0.3 is 0 Å². The molecule has 0 aromatic heterocycles. The van der Waals surface area contributed by atoms with E-state index in [9.17, 15) is 4.80 Å². The Hall–Kier alpha value is -1.38. The predicted octanol–water partition coefficient (Wildman–Crippen LogP) is 4.35. The molecule has 0 aliphatic heterocycles. The largest absolute Gasteiger partial charge is 0.424 e. The van der Waals surface area contributed by atoms with E-state index in [-0.39, 0.29) is 10.5 Å². The van der Waals surface area contributed by atoms with E-state index in [1.54, 1.807) is 0 Å². The molecule has 1 N–H and O–H groups in total. The molecule has 2 rings (SSSR count). The molecule has 2 aromatic carbocycles. The molecule has 2 heteroatoms. The average Bonchev–Trinajstić information content (AvgIpc) is 2.53. The van der Waals surface area contributed by atoms with Gasteiger partial charge in [0.05, 0.1) is 0 Å². The van der Waals surface area contributed by atoms with Crippen LogP contribution in [-0.2, 0) is 0 Å². The third-order valence-corrected chi connectivity index (χ3v) is 9.41. The van der Waals surface area contributed by atoms with Crippen LogP contribution in [0.25, 0.3) is 0 Å². The van der Waals surface area contributed by atoms with E-state index in [0.29, 0.717) is 0 Å². The highest BCUT2D eigenvalue weighted by atomic mass is 28.4. The Bertz CT molecular complexity index is 572. The van der Waals surface area contributed by atoms with Gasteiger partial charge in [-0.15, -0.1) is 0 Å². The zero-order valence-electron chi connectivity index (χ0n) is 15.1. The van der Waals surface area contributed by atoms with Crippen molar-refractivity contribution in [3.8, 4) is 0 Å². The highest BCUT2D eigenvalue weighted by Gasteiger charge is 2.49. The van der Waals surface area contributed by atoms with Crippen LogP contribution in [0, 0.1) is 5.41 Å². The van der Waals surface area contributed by atoms with Crippen molar-refractivity contribution in [2.45, 2.75) is 52.5 Å². The maximum atomic E-state index is 12.0. The fraction of sp³-hybridized carbons (Fsp3) is 0.429. The molecule has 0 fully saturated rings. The molecule has 0 aliphatic carbocycles. The van der Waals surface area contributed by atoms with Crippen LogP contribution in [0.2, 0.25) is 5.04 Å². The summed E-state index contributed by atoms with van der Waals surface area (Å²) >= 11 is 0. The van der Waals surface area contributed by atoms with Crippen LogP contribution in [0.5, 0.6) is 0 Å². The van der Waals surface area contributed by atoms with Crippen LogP contribution in [0.4, 0.5) is 0 Å². The topological polar surface area (TPSA) is 20.2 Å². The molecule has 124 valence electrons. The van der Waals surface area contributed by atoms with Gasteiger partial charge in [-0.1, -0.05) is 95.3 Å². The van der Waals surface area contributed by atoms with Crippen LogP contribution >= 0.6 is 0 Å². The van der Waals surface area contributed by atoms with Gasteiger partial charge in [-0.3, -0.25) is 0 Å². The summed E-state index contributed by atoms with van der Waals surface area (Å²) in [7, 11) is -2.83. The van der Waals surface area contributed by atoms with Crippen molar-refractivity contribution in [3.05, 3.63) is 60.7 Å². The van der Waals surface area contributed by atoms with E-state index in [1.807, 2.05) is 36.4 Å². The van der Waals surface area contributed by atoms with Gasteiger partial charge in [0, 0.05) is 0 Å². The summed E-state index contributed by atoms with van der Waals surface area (Å²) in [6.45, 7) is 11.3. The Morgan fingerprint density at radius 3 is 1.43 bits per heavy atom. The first-order valence-electron chi connectivity index (χ1n) is 8.50. The second-order valence-corrected chi connectivity index (χ2v) is 12.3. The van der Waals surface area contributed by atoms with Crippen LogP contribution in [0.15, 0.2) is 60.7 Å². The number of hydrogen-bond acceptors (Lipinski definition) is 1. The van der Waals surface area contributed by atoms with Crippen molar-refractivity contribution in [1.29, 1.82) is 0 Å². The molecule has 0 aliphatic rings. The normalized spacial score (nSPS) is 13.1. The number of benzene rings is 2. The second kappa shape index (κ2) is 6.62. The van der Waals surface area contributed by atoms with Crippen LogP contribution in [0.3, 0.4) is 0 Å². The van der Waals surface area contributed by atoms with Crippen molar-refractivity contribution in [3.63, 3.8) is 0 Å². The Morgan fingerprint density at radius 1 is 0.696 bits per heavy atom. The molecule has 0 unspecified atom stereocenters. The molecule has 0 atom stereocenters. The van der Waals surface area contributed by atoms with Gasteiger partial charge in [-0.05, 0) is 33.7 Å². The van der Waals surface area contributed by atoms with Crippen molar-refractivity contribution in [2.24, 2.45) is 5.41 Å². The average molecular weight is 327 g/mol. The third-order valence-electron chi connectivity index (χ3n) is 4.86. The van der Waals surface area contributed by atoms with E-state index >= 15 is 0 Å². The minimum absolute atomic E-state index is 0.136. The van der Waals surface area contributed by atoms with E-state index in [4.69, 9.17) is 0 Å². The lowest BCUT2D eigenvalue weighted by molar-refractivity contribution is 0.329. The smallest absolute Gasteiger partial charge is 0.258 e. The summed E-state index contributed by atoms with van der Waals surface area (Å²) in [5.41, 5.74) is 0.278. The number of hydrogen-bond donors (Lipinski definition) is 1. The lowest BCUT2D eigenvalue weighted by atomic mass is 9.87.